The predicted octanol–water partition coefficient (Wildman–Crippen LogP) is 1.50. The van der Waals surface area contributed by atoms with E-state index in [1.807, 2.05) is 18.2 Å². The number of benzene rings is 1. The lowest BCUT2D eigenvalue weighted by atomic mass is 10.2. The van der Waals surface area contributed by atoms with E-state index in [0.29, 0.717) is 13.2 Å². The molecule has 0 unspecified atom stereocenters. The smallest absolute Gasteiger partial charge is 0.302 e. The van der Waals surface area contributed by atoms with Crippen molar-refractivity contribution in [3.05, 3.63) is 23.8 Å². The highest BCUT2D eigenvalue weighted by atomic mass is 16.7. The average molecular weight is 238 g/mol. The van der Waals surface area contributed by atoms with Crippen LogP contribution in [-0.2, 0) is 20.9 Å². The molecule has 0 N–H and O–H groups in total. The summed E-state index contributed by atoms with van der Waals surface area (Å²) in [6.07, 6.45) is 0. The quantitative estimate of drug-likeness (QED) is 0.574. The van der Waals surface area contributed by atoms with E-state index in [1.54, 1.807) is 0 Å². The molecule has 2 rings (SSSR count). The van der Waals surface area contributed by atoms with Gasteiger partial charge in [-0.1, -0.05) is 6.07 Å². The summed E-state index contributed by atoms with van der Waals surface area (Å²) < 4.78 is 20.6. The van der Waals surface area contributed by atoms with Crippen molar-refractivity contribution >= 4 is 5.97 Å². The summed E-state index contributed by atoms with van der Waals surface area (Å²) in [6, 6.07) is 5.65. The minimum Gasteiger partial charge on any atom is -0.463 e. The van der Waals surface area contributed by atoms with E-state index < -0.39 is 0 Å². The fourth-order valence-electron chi connectivity index (χ4n) is 1.47. The van der Waals surface area contributed by atoms with E-state index >= 15 is 0 Å². The fraction of sp³-hybridized carbons (Fsp3) is 0.417. The number of carbonyl (C=O) groups excluding carboxylic acids is 1. The lowest BCUT2D eigenvalue weighted by molar-refractivity contribution is -0.142. The van der Waals surface area contributed by atoms with Crippen LogP contribution in [0.3, 0.4) is 0 Å². The summed E-state index contributed by atoms with van der Waals surface area (Å²) in [7, 11) is 0. The molecule has 1 aliphatic heterocycles. The molecule has 92 valence electrons. The Morgan fingerprint density at radius 3 is 2.94 bits per heavy atom. The number of hydrogen-bond donors (Lipinski definition) is 0. The average Bonchev–Trinajstić information content (AvgIpc) is 2.75. The summed E-state index contributed by atoms with van der Waals surface area (Å²) >= 11 is 0. The van der Waals surface area contributed by atoms with E-state index in [9.17, 15) is 4.79 Å². The Morgan fingerprint density at radius 2 is 2.12 bits per heavy atom. The van der Waals surface area contributed by atoms with Crippen molar-refractivity contribution in [2.75, 3.05) is 20.0 Å². The third-order valence-corrected chi connectivity index (χ3v) is 2.24. The van der Waals surface area contributed by atoms with Gasteiger partial charge in [0.05, 0.1) is 13.2 Å². The first-order valence-corrected chi connectivity index (χ1v) is 5.35. The minimum absolute atomic E-state index is 0.270. The standard InChI is InChI=1S/C12H14O5/c1-9(13)15-5-4-14-7-10-2-3-11-12(6-10)17-8-16-11/h2-3,6H,4-5,7-8H2,1H3. The Kier molecular flexibility index (Phi) is 3.82. The Balaban J connectivity index is 1.74. The molecule has 0 radical (unpaired) electrons. The minimum atomic E-state index is -0.295. The highest BCUT2D eigenvalue weighted by Crippen LogP contribution is 2.32. The van der Waals surface area contributed by atoms with Gasteiger partial charge >= 0.3 is 5.97 Å². The zero-order chi connectivity index (χ0) is 12.1. The topological polar surface area (TPSA) is 54.0 Å². The molecule has 0 saturated heterocycles. The normalized spacial score (nSPS) is 12.5. The molecule has 1 heterocycles. The second-order valence-corrected chi connectivity index (χ2v) is 3.58. The number of esters is 1. The second-order valence-electron chi connectivity index (χ2n) is 3.58. The highest BCUT2D eigenvalue weighted by molar-refractivity contribution is 5.65. The number of ether oxygens (including phenoxy) is 4. The Labute approximate surface area is 99.2 Å². The van der Waals surface area contributed by atoms with Crippen LogP contribution in [0.4, 0.5) is 0 Å². The van der Waals surface area contributed by atoms with Crippen LogP contribution in [0.1, 0.15) is 12.5 Å². The molecule has 0 atom stereocenters. The number of rotatable bonds is 5. The van der Waals surface area contributed by atoms with Gasteiger partial charge in [0.25, 0.3) is 0 Å². The van der Waals surface area contributed by atoms with Crippen molar-refractivity contribution in [1.29, 1.82) is 0 Å². The molecule has 0 spiro atoms. The summed E-state index contributed by atoms with van der Waals surface area (Å²) in [5.74, 6) is 1.21. The van der Waals surface area contributed by atoms with E-state index in [2.05, 4.69) is 0 Å². The maximum Gasteiger partial charge on any atom is 0.302 e. The second kappa shape index (κ2) is 5.54. The van der Waals surface area contributed by atoms with Crippen LogP contribution in [0, 0.1) is 0 Å². The SMILES string of the molecule is CC(=O)OCCOCc1ccc2c(c1)OCO2. The van der Waals surface area contributed by atoms with Crippen LogP contribution in [-0.4, -0.2) is 26.0 Å². The molecule has 5 heteroatoms. The molecule has 0 amide bonds. The van der Waals surface area contributed by atoms with Gasteiger partial charge in [0.1, 0.15) is 6.61 Å². The third-order valence-electron chi connectivity index (χ3n) is 2.24. The van der Waals surface area contributed by atoms with Gasteiger partial charge in [-0.3, -0.25) is 4.79 Å². The summed E-state index contributed by atoms with van der Waals surface area (Å²) in [5.41, 5.74) is 0.997. The summed E-state index contributed by atoms with van der Waals surface area (Å²) in [5, 5.41) is 0. The predicted molar refractivity (Wildman–Crippen MR) is 58.9 cm³/mol. The van der Waals surface area contributed by atoms with Crippen molar-refractivity contribution in [2.24, 2.45) is 0 Å². The van der Waals surface area contributed by atoms with Gasteiger partial charge in [-0.15, -0.1) is 0 Å². The first kappa shape index (κ1) is 11.7. The zero-order valence-corrected chi connectivity index (χ0v) is 9.60. The molecule has 0 saturated carbocycles. The lowest BCUT2D eigenvalue weighted by Gasteiger charge is -2.05. The Bertz CT molecular complexity index is 402. The molecule has 0 aliphatic carbocycles. The van der Waals surface area contributed by atoms with Crippen LogP contribution < -0.4 is 9.47 Å². The molecule has 17 heavy (non-hydrogen) atoms. The van der Waals surface area contributed by atoms with Crippen molar-refractivity contribution < 1.29 is 23.7 Å². The highest BCUT2D eigenvalue weighted by Gasteiger charge is 2.12. The van der Waals surface area contributed by atoms with Crippen LogP contribution in [0.15, 0.2) is 18.2 Å². The monoisotopic (exact) mass is 238 g/mol. The van der Waals surface area contributed by atoms with Crippen molar-refractivity contribution in [3.63, 3.8) is 0 Å². The van der Waals surface area contributed by atoms with Gasteiger partial charge in [0.2, 0.25) is 6.79 Å². The van der Waals surface area contributed by atoms with Gasteiger partial charge in [-0.25, -0.2) is 0 Å². The van der Waals surface area contributed by atoms with Gasteiger partial charge in [0, 0.05) is 6.92 Å². The van der Waals surface area contributed by atoms with Crippen LogP contribution >= 0.6 is 0 Å². The fourth-order valence-corrected chi connectivity index (χ4v) is 1.47. The summed E-state index contributed by atoms with van der Waals surface area (Å²) in [4.78, 5) is 10.5. The lowest BCUT2D eigenvalue weighted by Crippen LogP contribution is -2.07. The molecular formula is C12H14O5. The molecule has 0 bridgehead atoms. The largest absolute Gasteiger partial charge is 0.463 e. The van der Waals surface area contributed by atoms with Gasteiger partial charge < -0.3 is 18.9 Å². The van der Waals surface area contributed by atoms with Crippen LogP contribution in [0.2, 0.25) is 0 Å². The number of fused-ring (bicyclic) bond motifs is 1. The zero-order valence-electron chi connectivity index (χ0n) is 9.60. The van der Waals surface area contributed by atoms with E-state index in [-0.39, 0.29) is 19.4 Å². The molecule has 0 aromatic heterocycles. The van der Waals surface area contributed by atoms with Crippen LogP contribution in [0.5, 0.6) is 11.5 Å². The molecule has 0 fully saturated rings. The van der Waals surface area contributed by atoms with Gasteiger partial charge in [0.15, 0.2) is 11.5 Å². The van der Waals surface area contributed by atoms with Crippen LogP contribution in [0.25, 0.3) is 0 Å². The summed E-state index contributed by atoms with van der Waals surface area (Å²) in [6.45, 7) is 2.76. The molecule has 1 aromatic carbocycles. The van der Waals surface area contributed by atoms with Gasteiger partial charge in [-0.05, 0) is 17.7 Å². The Hall–Kier alpha value is -1.75. The maximum absolute atomic E-state index is 10.5. The number of carbonyl (C=O) groups is 1. The first-order chi connectivity index (χ1) is 8.25. The van der Waals surface area contributed by atoms with E-state index in [0.717, 1.165) is 17.1 Å². The first-order valence-electron chi connectivity index (χ1n) is 5.35. The van der Waals surface area contributed by atoms with Gasteiger partial charge in [-0.2, -0.15) is 0 Å². The number of hydrogen-bond acceptors (Lipinski definition) is 5. The van der Waals surface area contributed by atoms with Crippen molar-refractivity contribution in [1.82, 2.24) is 0 Å². The van der Waals surface area contributed by atoms with E-state index in [4.69, 9.17) is 18.9 Å². The molecule has 1 aromatic rings. The third kappa shape index (κ3) is 3.35. The van der Waals surface area contributed by atoms with Crippen molar-refractivity contribution in [2.45, 2.75) is 13.5 Å². The molecule has 1 aliphatic rings. The molecular weight excluding hydrogens is 224 g/mol. The van der Waals surface area contributed by atoms with Crippen molar-refractivity contribution in [3.8, 4) is 11.5 Å². The Morgan fingerprint density at radius 1 is 1.29 bits per heavy atom. The van der Waals surface area contributed by atoms with E-state index in [1.165, 1.54) is 6.92 Å². The maximum atomic E-state index is 10.5. The molecule has 5 nitrogen and oxygen atoms in total.